The zero-order valence-corrected chi connectivity index (χ0v) is 9.53. The average molecular weight is 247 g/mol. The Bertz CT molecular complexity index is 623. The molecule has 0 saturated heterocycles. The Hall–Kier alpha value is -1.95. The second-order valence-electron chi connectivity index (χ2n) is 3.60. The molecule has 1 unspecified atom stereocenters. The molecule has 2 aromatic rings. The highest BCUT2D eigenvalue weighted by Gasteiger charge is 2.24. The topological polar surface area (TPSA) is 66.9 Å². The number of hydrogen-bond donors (Lipinski definition) is 2. The van der Waals surface area contributed by atoms with Crippen LogP contribution in [0.2, 0.25) is 0 Å². The van der Waals surface area contributed by atoms with Gasteiger partial charge in [-0.3, -0.25) is 4.79 Å². The molecule has 0 bridgehead atoms. The molecule has 17 heavy (non-hydrogen) atoms. The van der Waals surface area contributed by atoms with Gasteiger partial charge in [0.05, 0.1) is 5.69 Å². The number of benzene rings is 1. The van der Waals surface area contributed by atoms with Gasteiger partial charge in [0.25, 0.3) is 5.56 Å². The molecule has 1 atom stereocenters. The number of para-hydroxylation sites is 1. The van der Waals surface area contributed by atoms with Crippen molar-refractivity contribution in [2.24, 2.45) is 0 Å². The molecule has 1 aliphatic rings. The second kappa shape index (κ2) is 3.81. The van der Waals surface area contributed by atoms with E-state index >= 15 is 0 Å². The van der Waals surface area contributed by atoms with E-state index in [1.165, 1.54) is 28.6 Å². The number of nitrogens with zero attached hydrogens (tertiary/aromatic N) is 1. The van der Waals surface area contributed by atoms with Crippen LogP contribution in [0.1, 0.15) is 5.50 Å². The van der Waals surface area contributed by atoms with Crippen LogP contribution in [0.5, 0.6) is 0 Å². The molecule has 86 valence electrons. The summed E-state index contributed by atoms with van der Waals surface area (Å²) in [6.07, 6.45) is 1.36. The fourth-order valence-corrected chi connectivity index (χ4v) is 2.89. The van der Waals surface area contributed by atoms with Gasteiger partial charge in [0.2, 0.25) is 0 Å². The van der Waals surface area contributed by atoms with Gasteiger partial charge in [-0.05, 0) is 12.1 Å². The lowest BCUT2D eigenvalue weighted by molar-refractivity contribution is 0.672. The first kappa shape index (κ1) is 10.2. The van der Waals surface area contributed by atoms with E-state index in [4.69, 9.17) is 0 Å². The molecule has 1 aromatic carbocycles. The zero-order chi connectivity index (χ0) is 11.8. The summed E-state index contributed by atoms with van der Waals surface area (Å²) in [5.74, 6) is 0. The quantitative estimate of drug-likeness (QED) is 0.795. The van der Waals surface area contributed by atoms with Crippen LogP contribution in [0.3, 0.4) is 0 Å². The van der Waals surface area contributed by atoms with Gasteiger partial charge in [-0.25, -0.2) is 9.36 Å². The van der Waals surface area contributed by atoms with Gasteiger partial charge >= 0.3 is 5.69 Å². The second-order valence-corrected chi connectivity index (χ2v) is 4.72. The van der Waals surface area contributed by atoms with E-state index < -0.39 is 5.69 Å². The Labute approximate surface area is 100 Å². The number of thioether (sulfide) groups is 1. The third-order valence-electron chi connectivity index (χ3n) is 2.53. The van der Waals surface area contributed by atoms with E-state index in [-0.39, 0.29) is 11.1 Å². The molecule has 0 fully saturated rings. The largest absolute Gasteiger partial charge is 0.355 e. The van der Waals surface area contributed by atoms with Crippen LogP contribution in [0.15, 0.2) is 51.0 Å². The Morgan fingerprint density at radius 2 is 2.00 bits per heavy atom. The lowest BCUT2D eigenvalue weighted by atomic mass is 10.3. The minimum atomic E-state index is -0.407. The van der Waals surface area contributed by atoms with E-state index in [0.717, 1.165) is 10.6 Å². The summed E-state index contributed by atoms with van der Waals surface area (Å²) in [5.41, 5.74) is -0.163. The van der Waals surface area contributed by atoms with Crippen LogP contribution in [0.25, 0.3) is 0 Å². The highest BCUT2D eigenvalue weighted by molar-refractivity contribution is 8.00. The molecule has 0 spiro atoms. The monoisotopic (exact) mass is 247 g/mol. The summed E-state index contributed by atoms with van der Waals surface area (Å²) >= 11 is 1.45. The molecule has 6 heteroatoms. The van der Waals surface area contributed by atoms with Crippen molar-refractivity contribution in [2.45, 2.75) is 10.4 Å². The molecule has 1 aliphatic heterocycles. The number of fused-ring (bicyclic) bond motifs is 1. The summed E-state index contributed by atoms with van der Waals surface area (Å²) in [4.78, 5) is 26.8. The Balaban J connectivity index is 2.06. The van der Waals surface area contributed by atoms with Gasteiger partial charge in [-0.1, -0.05) is 23.9 Å². The Morgan fingerprint density at radius 3 is 2.76 bits per heavy atom. The molecule has 5 nitrogen and oxygen atoms in total. The first-order chi connectivity index (χ1) is 8.25. The predicted molar refractivity (Wildman–Crippen MR) is 66.3 cm³/mol. The van der Waals surface area contributed by atoms with E-state index in [2.05, 4.69) is 10.3 Å². The molecule has 1 aromatic heterocycles. The van der Waals surface area contributed by atoms with E-state index in [0.29, 0.717) is 0 Å². The van der Waals surface area contributed by atoms with Gasteiger partial charge in [0.1, 0.15) is 0 Å². The molecule has 0 amide bonds. The average Bonchev–Trinajstić information content (AvgIpc) is 2.71. The number of rotatable bonds is 1. The van der Waals surface area contributed by atoms with Crippen molar-refractivity contribution in [3.63, 3.8) is 0 Å². The molecular weight excluding hydrogens is 238 g/mol. The molecule has 2 N–H and O–H groups in total. The van der Waals surface area contributed by atoms with E-state index in [1.54, 1.807) is 0 Å². The molecular formula is C11H9N3O2S. The van der Waals surface area contributed by atoms with Crippen molar-refractivity contribution in [2.75, 3.05) is 5.32 Å². The number of H-pyrrole nitrogens is 1. The van der Waals surface area contributed by atoms with E-state index in [9.17, 15) is 9.59 Å². The fraction of sp³-hybridized carbons (Fsp3) is 0.0909. The van der Waals surface area contributed by atoms with Gasteiger partial charge in [-0.2, -0.15) is 0 Å². The smallest absolute Gasteiger partial charge is 0.330 e. The summed E-state index contributed by atoms with van der Waals surface area (Å²) in [7, 11) is 0. The minimum absolute atomic E-state index is 0.313. The van der Waals surface area contributed by atoms with Crippen LogP contribution in [-0.2, 0) is 0 Å². The third kappa shape index (κ3) is 1.66. The lowest BCUT2D eigenvalue weighted by Gasteiger charge is -2.11. The fourth-order valence-electron chi connectivity index (χ4n) is 1.74. The highest BCUT2D eigenvalue weighted by Crippen LogP contribution is 2.42. The van der Waals surface area contributed by atoms with Crippen molar-refractivity contribution in [1.29, 1.82) is 0 Å². The Kier molecular flexibility index (Phi) is 2.29. The standard InChI is InChI=1S/C11H9N3O2S/c15-9-5-6-12-10(16)14(9)11-13-7-3-1-2-4-8(7)17-11/h1-6,11,13H,(H,12,16). The lowest BCUT2D eigenvalue weighted by Crippen LogP contribution is -2.37. The number of anilines is 1. The third-order valence-corrected chi connectivity index (χ3v) is 3.69. The van der Waals surface area contributed by atoms with Crippen LogP contribution in [-0.4, -0.2) is 9.55 Å². The van der Waals surface area contributed by atoms with Crippen LogP contribution < -0.4 is 16.6 Å². The van der Waals surface area contributed by atoms with Gasteiger partial charge in [0.15, 0.2) is 5.50 Å². The maximum Gasteiger partial charge on any atom is 0.330 e. The van der Waals surface area contributed by atoms with Crippen molar-refractivity contribution in [1.82, 2.24) is 9.55 Å². The first-order valence-electron chi connectivity index (χ1n) is 5.08. The molecule has 0 aliphatic carbocycles. The van der Waals surface area contributed by atoms with Crippen LogP contribution >= 0.6 is 11.8 Å². The summed E-state index contributed by atoms with van der Waals surface area (Å²) in [6.45, 7) is 0. The predicted octanol–water partition coefficient (Wildman–Crippen LogP) is 1.21. The maximum atomic E-state index is 11.7. The maximum absolute atomic E-state index is 11.7. The van der Waals surface area contributed by atoms with Crippen LogP contribution in [0, 0.1) is 0 Å². The minimum Gasteiger partial charge on any atom is -0.355 e. The van der Waals surface area contributed by atoms with Crippen molar-refractivity contribution in [3.8, 4) is 0 Å². The highest BCUT2D eigenvalue weighted by atomic mass is 32.2. The van der Waals surface area contributed by atoms with Crippen molar-refractivity contribution in [3.05, 3.63) is 57.4 Å². The van der Waals surface area contributed by atoms with Crippen molar-refractivity contribution >= 4 is 17.4 Å². The number of nitrogens with one attached hydrogen (secondary N) is 2. The van der Waals surface area contributed by atoms with Crippen molar-refractivity contribution < 1.29 is 0 Å². The molecule has 3 rings (SSSR count). The molecule has 2 heterocycles. The number of aromatic nitrogens is 2. The number of hydrogen-bond acceptors (Lipinski definition) is 4. The zero-order valence-electron chi connectivity index (χ0n) is 8.71. The Morgan fingerprint density at radius 1 is 1.18 bits per heavy atom. The van der Waals surface area contributed by atoms with Gasteiger partial charge in [-0.15, -0.1) is 0 Å². The first-order valence-corrected chi connectivity index (χ1v) is 5.96. The van der Waals surface area contributed by atoms with Gasteiger partial charge < -0.3 is 10.3 Å². The molecule has 0 saturated carbocycles. The summed E-state index contributed by atoms with van der Waals surface area (Å²) < 4.78 is 1.17. The summed E-state index contributed by atoms with van der Waals surface area (Å²) in [6, 6.07) is 9.05. The normalized spacial score (nSPS) is 17.5. The number of aromatic amines is 1. The molecule has 0 radical (unpaired) electrons. The summed E-state index contributed by atoms with van der Waals surface area (Å²) in [5, 5.41) is 3.14. The van der Waals surface area contributed by atoms with E-state index in [1.807, 2.05) is 24.3 Å². The van der Waals surface area contributed by atoms with Gasteiger partial charge in [0, 0.05) is 17.2 Å². The SMILES string of the molecule is O=c1cc[nH]c(=O)n1C1Nc2ccccc2S1. The van der Waals surface area contributed by atoms with Crippen LogP contribution in [0.4, 0.5) is 5.69 Å².